The second-order valence-corrected chi connectivity index (χ2v) is 6.75. The lowest BCUT2D eigenvalue weighted by molar-refractivity contribution is 0.504. The molecule has 0 aliphatic carbocycles. The van der Waals surface area contributed by atoms with Gasteiger partial charge in [0.05, 0.1) is 4.90 Å². The van der Waals surface area contributed by atoms with Crippen LogP contribution in [0.2, 0.25) is 10.0 Å². The van der Waals surface area contributed by atoms with Gasteiger partial charge in [-0.2, -0.15) is 0 Å². The standard InChI is InChI=1S/C13H9Cl2F2NO2S/c14-9-2-1-8(11(15)5-9)7-18-21(19,20)10-3-4-12(16)13(17)6-10/h1-6,18H,7H2. The van der Waals surface area contributed by atoms with Gasteiger partial charge in [-0.15, -0.1) is 0 Å². The molecular formula is C13H9Cl2F2NO2S. The molecule has 0 amide bonds. The van der Waals surface area contributed by atoms with E-state index >= 15 is 0 Å². The molecule has 0 aliphatic rings. The van der Waals surface area contributed by atoms with Crippen LogP contribution in [0.1, 0.15) is 5.56 Å². The van der Waals surface area contributed by atoms with Crippen LogP contribution in [0.5, 0.6) is 0 Å². The van der Waals surface area contributed by atoms with E-state index in [9.17, 15) is 17.2 Å². The van der Waals surface area contributed by atoms with Crippen molar-refractivity contribution in [2.45, 2.75) is 11.4 Å². The number of halogens is 4. The summed E-state index contributed by atoms with van der Waals surface area (Å²) in [5, 5.41) is 0.725. The molecule has 8 heteroatoms. The molecule has 21 heavy (non-hydrogen) atoms. The Kier molecular flexibility index (Phi) is 4.83. The van der Waals surface area contributed by atoms with Crippen molar-refractivity contribution in [3.63, 3.8) is 0 Å². The Morgan fingerprint density at radius 2 is 1.71 bits per heavy atom. The Hall–Kier alpha value is -1.21. The second-order valence-electron chi connectivity index (χ2n) is 4.14. The molecule has 0 bridgehead atoms. The zero-order chi connectivity index (χ0) is 15.6. The molecule has 1 N–H and O–H groups in total. The van der Waals surface area contributed by atoms with E-state index in [2.05, 4.69) is 4.72 Å². The minimum atomic E-state index is -3.97. The zero-order valence-corrected chi connectivity index (χ0v) is 12.7. The van der Waals surface area contributed by atoms with Crippen molar-refractivity contribution >= 4 is 33.2 Å². The third-order valence-corrected chi connectivity index (χ3v) is 4.65. The molecule has 2 aromatic rings. The van der Waals surface area contributed by atoms with Crippen LogP contribution in [0.3, 0.4) is 0 Å². The van der Waals surface area contributed by atoms with Crippen LogP contribution in [0.15, 0.2) is 41.3 Å². The highest BCUT2D eigenvalue weighted by Gasteiger charge is 2.16. The Morgan fingerprint density at radius 1 is 1.00 bits per heavy atom. The van der Waals surface area contributed by atoms with Crippen LogP contribution in [0, 0.1) is 11.6 Å². The maximum Gasteiger partial charge on any atom is 0.240 e. The van der Waals surface area contributed by atoms with Crippen LogP contribution >= 0.6 is 23.2 Å². The number of hydrogen-bond acceptors (Lipinski definition) is 2. The fourth-order valence-electron chi connectivity index (χ4n) is 1.57. The first kappa shape index (κ1) is 16.2. The predicted molar refractivity (Wildman–Crippen MR) is 76.8 cm³/mol. The van der Waals surface area contributed by atoms with Gasteiger partial charge in [-0.1, -0.05) is 29.3 Å². The van der Waals surface area contributed by atoms with Crippen molar-refractivity contribution in [1.29, 1.82) is 0 Å². The summed E-state index contributed by atoms with van der Waals surface area (Å²) in [7, 11) is -3.97. The highest BCUT2D eigenvalue weighted by Crippen LogP contribution is 2.21. The molecule has 0 saturated heterocycles. The fourth-order valence-corrected chi connectivity index (χ4v) is 3.06. The van der Waals surface area contributed by atoms with Crippen LogP contribution < -0.4 is 4.72 Å². The lowest BCUT2D eigenvalue weighted by atomic mass is 10.2. The molecule has 0 aromatic heterocycles. The summed E-state index contributed by atoms with van der Waals surface area (Å²) >= 11 is 11.7. The summed E-state index contributed by atoms with van der Waals surface area (Å²) in [4.78, 5) is -0.369. The van der Waals surface area contributed by atoms with Crippen molar-refractivity contribution in [3.05, 3.63) is 63.6 Å². The lowest BCUT2D eigenvalue weighted by Crippen LogP contribution is -2.23. The average Bonchev–Trinajstić information content (AvgIpc) is 2.40. The van der Waals surface area contributed by atoms with Crippen molar-refractivity contribution in [3.8, 4) is 0 Å². The van der Waals surface area contributed by atoms with Crippen LogP contribution in [0.4, 0.5) is 8.78 Å². The van der Waals surface area contributed by atoms with Gasteiger partial charge in [0.1, 0.15) is 0 Å². The SMILES string of the molecule is O=S(=O)(NCc1ccc(Cl)cc1Cl)c1ccc(F)c(F)c1. The lowest BCUT2D eigenvalue weighted by Gasteiger charge is -2.08. The van der Waals surface area contributed by atoms with E-state index in [1.807, 2.05) is 0 Å². The number of rotatable bonds is 4. The molecule has 0 fully saturated rings. The van der Waals surface area contributed by atoms with E-state index in [0.717, 1.165) is 12.1 Å². The largest absolute Gasteiger partial charge is 0.240 e. The summed E-state index contributed by atoms with van der Waals surface area (Å²) < 4.78 is 52.1. The summed E-state index contributed by atoms with van der Waals surface area (Å²) in [6, 6.07) is 6.95. The summed E-state index contributed by atoms with van der Waals surface area (Å²) in [5.74, 6) is -2.35. The molecule has 0 aliphatic heterocycles. The third kappa shape index (κ3) is 3.91. The Morgan fingerprint density at radius 3 is 2.33 bits per heavy atom. The van der Waals surface area contributed by atoms with Crippen molar-refractivity contribution in [2.24, 2.45) is 0 Å². The van der Waals surface area contributed by atoms with Crippen molar-refractivity contribution < 1.29 is 17.2 Å². The van der Waals surface area contributed by atoms with Gasteiger partial charge >= 0.3 is 0 Å². The minimum Gasteiger partial charge on any atom is -0.207 e. The molecule has 3 nitrogen and oxygen atoms in total. The quantitative estimate of drug-likeness (QED) is 0.911. The molecule has 0 unspecified atom stereocenters. The minimum absolute atomic E-state index is 0.0999. The number of sulfonamides is 1. The van der Waals surface area contributed by atoms with Crippen LogP contribution in [-0.2, 0) is 16.6 Å². The van der Waals surface area contributed by atoms with Crippen LogP contribution in [0.25, 0.3) is 0 Å². The van der Waals surface area contributed by atoms with E-state index in [4.69, 9.17) is 23.2 Å². The van der Waals surface area contributed by atoms with Gasteiger partial charge in [-0.05, 0) is 35.9 Å². The molecular weight excluding hydrogens is 343 g/mol. The molecule has 2 aromatic carbocycles. The smallest absolute Gasteiger partial charge is 0.207 e. The number of hydrogen-bond donors (Lipinski definition) is 1. The number of benzene rings is 2. The Balaban J connectivity index is 2.19. The van der Waals surface area contributed by atoms with E-state index < -0.39 is 21.7 Å². The summed E-state index contributed by atoms with van der Waals surface area (Å²) in [6.45, 7) is -0.0999. The van der Waals surface area contributed by atoms with Gasteiger partial charge in [0.25, 0.3) is 0 Å². The van der Waals surface area contributed by atoms with Gasteiger partial charge in [0, 0.05) is 16.6 Å². The van der Waals surface area contributed by atoms with Crippen molar-refractivity contribution in [2.75, 3.05) is 0 Å². The first-order chi connectivity index (χ1) is 9.79. The van der Waals surface area contributed by atoms with Crippen molar-refractivity contribution in [1.82, 2.24) is 4.72 Å². The maximum absolute atomic E-state index is 13.1. The predicted octanol–water partition coefficient (Wildman–Crippen LogP) is 3.75. The molecule has 0 radical (unpaired) electrons. The van der Waals surface area contributed by atoms with E-state index in [0.29, 0.717) is 21.7 Å². The first-order valence-corrected chi connectivity index (χ1v) is 7.92. The molecule has 0 spiro atoms. The zero-order valence-electron chi connectivity index (χ0n) is 10.4. The first-order valence-electron chi connectivity index (χ1n) is 5.68. The van der Waals surface area contributed by atoms with Gasteiger partial charge in [0.2, 0.25) is 10.0 Å². The monoisotopic (exact) mass is 351 g/mol. The average molecular weight is 352 g/mol. The second kappa shape index (κ2) is 6.27. The van der Waals surface area contributed by atoms with Gasteiger partial charge in [0.15, 0.2) is 11.6 Å². The summed E-state index contributed by atoms with van der Waals surface area (Å²) in [5.41, 5.74) is 0.507. The molecule has 112 valence electrons. The highest BCUT2D eigenvalue weighted by atomic mass is 35.5. The van der Waals surface area contributed by atoms with E-state index in [1.165, 1.54) is 6.07 Å². The Labute approximate surface area is 130 Å². The van der Waals surface area contributed by atoms with Gasteiger partial charge < -0.3 is 0 Å². The van der Waals surface area contributed by atoms with Gasteiger partial charge in [-0.25, -0.2) is 21.9 Å². The highest BCUT2D eigenvalue weighted by molar-refractivity contribution is 7.89. The normalized spacial score (nSPS) is 11.6. The Bertz CT molecular complexity index is 782. The molecule has 0 saturated carbocycles. The van der Waals surface area contributed by atoms with Gasteiger partial charge in [-0.3, -0.25) is 0 Å². The molecule has 2 rings (SSSR count). The summed E-state index contributed by atoms with van der Waals surface area (Å²) in [6.07, 6.45) is 0. The molecule has 0 heterocycles. The molecule has 0 atom stereocenters. The third-order valence-electron chi connectivity index (χ3n) is 2.67. The van der Waals surface area contributed by atoms with E-state index in [1.54, 1.807) is 12.1 Å². The van der Waals surface area contributed by atoms with Crippen LogP contribution in [-0.4, -0.2) is 8.42 Å². The maximum atomic E-state index is 13.1. The topological polar surface area (TPSA) is 46.2 Å². The van der Waals surface area contributed by atoms with E-state index in [-0.39, 0.29) is 11.4 Å². The fraction of sp³-hybridized carbons (Fsp3) is 0.0769. The number of nitrogens with one attached hydrogen (secondary N) is 1.